The monoisotopic (exact) mass is 420 g/mol. The summed E-state index contributed by atoms with van der Waals surface area (Å²) < 4.78 is 21.5. The summed E-state index contributed by atoms with van der Waals surface area (Å²) in [6.07, 6.45) is 0. The Labute approximate surface area is 181 Å². The Morgan fingerprint density at radius 2 is 1.61 bits per heavy atom. The quantitative estimate of drug-likeness (QED) is 0.371. The maximum Gasteiger partial charge on any atom is 0.342 e. The lowest BCUT2D eigenvalue weighted by Crippen LogP contribution is -2.16. The van der Waals surface area contributed by atoms with Gasteiger partial charge in [0.1, 0.15) is 29.4 Å². The molecule has 0 amide bonds. The molecule has 0 bridgehead atoms. The Morgan fingerprint density at radius 1 is 0.806 bits per heavy atom. The molecular weight excluding hydrogens is 396 g/mol. The fraction of sp³-hybridized carbons (Fsp3) is 0.200. The van der Waals surface area contributed by atoms with Gasteiger partial charge in [0, 0.05) is 0 Å². The molecule has 0 fully saturated rings. The van der Waals surface area contributed by atoms with Crippen LogP contribution in [0.15, 0.2) is 66.7 Å². The number of ketones is 1. The number of carbonyl (C=O) groups excluding carboxylic acids is 2. The Bertz CT molecular complexity index is 1070. The second-order valence-corrected chi connectivity index (χ2v) is 6.84. The van der Waals surface area contributed by atoms with Gasteiger partial charge in [-0.2, -0.15) is 0 Å². The first-order chi connectivity index (χ1) is 15.0. The standard InChI is InChI=1S/C25H24O6/c1-17-7-6-8-18(13-17)15-30-24-10-5-4-9-20(24)25(27)31-16-22(26)21-14-19(28-2)11-12-23(21)29-3/h4-14H,15-16H2,1-3H3. The van der Waals surface area contributed by atoms with Gasteiger partial charge in [0.05, 0.1) is 19.8 Å². The summed E-state index contributed by atoms with van der Waals surface area (Å²) in [4.78, 5) is 25.2. The fourth-order valence-corrected chi connectivity index (χ4v) is 3.04. The van der Waals surface area contributed by atoms with E-state index < -0.39 is 18.4 Å². The van der Waals surface area contributed by atoms with Crippen molar-refractivity contribution in [3.8, 4) is 17.2 Å². The number of para-hydroxylation sites is 1. The van der Waals surface area contributed by atoms with Crippen LogP contribution in [0, 0.1) is 6.92 Å². The highest BCUT2D eigenvalue weighted by molar-refractivity contribution is 6.02. The number of benzene rings is 3. The van der Waals surface area contributed by atoms with Crippen molar-refractivity contribution in [1.82, 2.24) is 0 Å². The zero-order valence-electron chi connectivity index (χ0n) is 17.7. The predicted molar refractivity (Wildman–Crippen MR) is 116 cm³/mol. The first-order valence-electron chi connectivity index (χ1n) is 9.71. The molecule has 31 heavy (non-hydrogen) atoms. The number of ether oxygens (including phenoxy) is 4. The van der Waals surface area contributed by atoms with E-state index in [-0.39, 0.29) is 11.1 Å². The van der Waals surface area contributed by atoms with Crippen LogP contribution in [0.25, 0.3) is 0 Å². The van der Waals surface area contributed by atoms with Gasteiger partial charge in [0.25, 0.3) is 0 Å². The third kappa shape index (κ3) is 5.63. The van der Waals surface area contributed by atoms with Gasteiger partial charge >= 0.3 is 5.97 Å². The van der Waals surface area contributed by atoms with E-state index in [9.17, 15) is 9.59 Å². The van der Waals surface area contributed by atoms with Gasteiger partial charge < -0.3 is 18.9 Å². The van der Waals surface area contributed by atoms with Crippen molar-refractivity contribution in [3.05, 3.63) is 89.0 Å². The van der Waals surface area contributed by atoms with E-state index in [0.717, 1.165) is 11.1 Å². The minimum Gasteiger partial charge on any atom is -0.497 e. The number of hydrogen-bond acceptors (Lipinski definition) is 6. The molecule has 0 N–H and O–H groups in total. The highest BCUT2D eigenvalue weighted by atomic mass is 16.5. The molecule has 6 nitrogen and oxygen atoms in total. The summed E-state index contributed by atoms with van der Waals surface area (Å²) in [5, 5.41) is 0. The van der Waals surface area contributed by atoms with Crippen LogP contribution in [-0.2, 0) is 11.3 Å². The average Bonchev–Trinajstić information content (AvgIpc) is 2.80. The van der Waals surface area contributed by atoms with Crippen LogP contribution in [-0.4, -0.2) is 32.6 Å². The zero-order valence-corrected chi connectivity index (χ0v) is 17.7. The van der Waals surface area contributed by atoms with Crippen LogP contribution in [0.2, 0.25) is 0 Å². The van der Waals surface area contributed by atoms with Crippen molar-refractivity contribution < 1.29 is 28.5 Å². The van der Waals surface area contributed by atoms with Crippen molar-refractivity contribution >= 4 is 11.8 Å². The number of methoxy groups -OCH3 is 2. The van der Waals surface area contributed by atoms with Crippen molar-refractivity contribution in [2.24, 2.45) is 0 Å². The second-order valence-electron chi connectivity index (χ2n) is 6.84. The Hall–Kier alpha value is -3.80. The molecule has 3 aromatic carbocycles. The first kappa shape index (κ1) is 21.9. The molecule has 0 aliphatic rings. The van der Waals surface area contributed by atoms with Crippen LogP contribution in [0.1, 0.15) is 31.8 Å². The van der Waals surface area contributed by atoms with Gasteiger partial charge in [0.15, 0.2) is 6.61 Å². The normalized spacial score (nSPS) is 10.3. The number of esters is 1. The summed E-state index contributed by atoms with van der Waals surface area (Å²) in [7, 11) is 2.97. The smallest absolute Gasteiger partial charge is 0.342 e. The molecule has 160 valence electrons. The molecule has 0 aromatic heterocycles. The minimum atomic E-state index is -0.643. The van der Waals surface area contributed by atoms with Gasteiger partial charge in [-0.05, 0) is 42.8 Å². The minimum absolute atomic E-state index is 0.251. The number of Topliss-reactive ketones (excluding diaryl/α,β-unsaturated/α-hetero) is 1. The molecule has 0 radical (unpaired) electrons. The number of aryl methyl sites for hydroxylation is 1. The lowest BCUT2D eigenvalue weighted by Gasteiger charge is -2.12. The van der Waals surface area contributed by atoms with Crippen molar-refractivity contribution in [2.75, 3.05) is 20.8 Å². The third-order valence-corrected chi connectivity index (χ3v) is 4.63. The highest BCUT2D eigenvalue weighted by Gasteiger charge is 2.19. The number of hydrogen-bond donors (Lipinski definition) is 0. The molecule has 0 atom stereocenters. The lowest BCUT2D eigenvalue weighted by molar-refractivity contribution is 0.0469. The maximum atomic E-state index is 12.6. The molecule has 3 aromatic rings. The van der Waals surface area contributed by atoms with Crippen LogP contribution in [0.3, 0.4) is 0 Å². The van der Waals surface area contributed by atoms with E-state index in [1.54, 1.807) is 42.5 Å². The van der Waals surface area contributed by atoms with Crippen LogP contribution < -0.4 is 14.2 Å². The number of carbonyl (C=O) groups is 2. The van der Waals surface area contributed by atoms with Gasteiger partial charge in [0.2, 0.25) is 5.78 Å². The molecule has 0 aliphatic carbocycles. The topological polar surface area (TPSA) is 71.1 Å². The van der Waals surface area contributed by atoms with Gasteiger partial charge in [-0.15, -0.1) is 0 Å². The summed E-state index contributed by atoms with van der Waals surface area (Å²) in [5.41, 5.74) is 2.64. The maximum absolute atomic E-state index is 12.6. The first-order valence-corrected chi connectivity index (χ1v) is 9.71. The van der Waals surface area contributed by atoms with E-state index in [4.69, 9.17) is 18.9 Å². The fourth-order valence-electron chi connectivity index (χ4n) is 3.04. The van der Waals surface area contributed by atoms with E-state index >= 15 is 0 Å². The Kier molecular flexibility index (Phi) is 7.27. The van der Waals surface area contributed by atoms with Crippen LogP contribution in [0.4, 0.5) is 0 Å². The summed E-state index contributed by atoms with van der Waals surface area (Å²) >= 11 is 0. The molecule has 0 saturated heterocycles. The summed E-state index contributed by atoms with van der Waals surface area (Å²) in [6.45, 7) is 1.88. The molecule has 0 saturated carbocycles. The largest absolute Gasteiger partial charge is 0.497 e. The van der Waals surface area contributed by atoms with E-state index in [1.165, 1.54) is 14.2 Å². The van der Waals surface area contributed by atoms with Crippen molar-refractivity contribution in [2.45, 2.75) is 13.5 Å². The third-order valence-electron chi connectivity index (χ3n) is 4.63. The highest BCUT2D eigenvalue weighted by Crippen LogP contribution is 2.25. The van der Waals surface area contributed by atoms with Gasteiger partial charge in [-0.25, -0.2) is 4.79 Å². The Morgan fingerprint density at radius 3 is 2.35 bits per heavy atom. The molecule has 0 unspecified atom stereocenters. The van der Waals surface area contributed by atoms with Crippen LogP contribution >= 0.6 is 0 Å². The van der Waals surface area contributed by atoms with E-state index in [1.807, 2.05) is 31.2 Å². The summed E-state index contributed by atoms with van der Waals surface area (Å²) in [6, 6.07) is 19.6. The second kappa shape index (κ2) is 10.3. The van der Waals surface area contributed by atoms with Crippen LogP contribution in [0.5, 0.6) is 17.2 Å². The Balaban J connectivity index is 1.68. The van der Waals surface area contributed by atoms with E-state index in [2.05, 4.69) is 0 Å². The molecular formula is C25H24O6. The average molecular weight is 420 g/mol. The number of rotatable bonds is 9. The molecule has 0 heterocycles. The summed E-state index contributed by atoms with van der Waals surface area (Å²) in [5.74, 6) is 0.229. The van der Waals surface area contributed by atoms with E-state index in [0.29, 0.717) is 23.9 Å². The predicted octanol–water partition coefficient (Wildman–Crippen LogP) is 4.63. The van der Waals surface area contributed by atoms with Crippen molar-refractivity contribution in [3.63, 3.8) is 0 Å². The molecule has 6 heteroatoms. The lowest BCUT2D eigenvalue weighted by atomic mass is 10.1. The molecule has 3 rings (SSSR count). The molecule has 0 aliphatic heterocycles. The van der Waals surface area contributed by atoms with Crippen molar-refractivity contribution in [1.29, 1.82) is 0 Å². The van der Waals surface area contributed by atoms with Gasteiger partial charge in [-0.1, -0.05) is 42.0 Å². The zero-order chi connectivity index (χ0) is 22.2. The SMILES string of the molecule is COc1ccc(OC)c(C(=O)COC(=O)c2ccccc2OCc2cccc(C)c2)c1. The molecule has 0 spiro atoms. The van der Waals surface area contributed by atoms with Gasteiger partial charge in [-0.3, -0.25) is 4.79 Å².